The lowest BCUT2D eigenvalue weighted by atomic mass is 9.92. The highest BCUT2D eigenvalue weighted by molar-refractivity contribution is 5.85. The van der Waals surface area contributed by atoms with Crippen LogP contribution < -0.4 is 0 Å². The molecule has 0 bridgehead atoms. The first-order valence-electron chi connectivity index (χ1n) is 8.34. The highest BCUT2D eigenvalue weighted by Gasteiger charge is 2.46. The maximum Gasteiger partial charge on any atom is 0.308 e. The van der Waals surface area contributed by atoms with Crippen LogP contribution in [0.15, 0.2) is 0 Å². The number of hydrogen-bond acceptors (Lipinski definition) is 3. The van der Waals surface area contributed by atoms with Gasteiger partial charge in [-0.2, -0.15) is 0 Å². The lowest BCUT2D eigenvalue weighted by Gasteiger charge is -2.24. The molecule has 0 spiro atoms. The standard InChI is InChI=1S/C16H24N2O4/c19-14-4-2-1-3-7-17(14)10-15(20)18-8-12(11-5-6-11)13(9-18)16(21)22/h11-13H,1-10H2,(H,21,22)/t12-,13+/m1/s1. The third-order valence-corrected chi connectivity index (χ3v) is 5.26. The van der Waals surface area contributed by atoms with Gasteiger partial charge < -0.3 is 14.9 Å². The third-order valence-electron chi connectivity index (χ3n) is 5.26. The number of aliphatic carboxylic acids is 1. The molecule has 0 unspecified atom stereocenters. The number of rotatable bonds is 4. The second-order valence-electron chi connectivity index (χ2n) is 6.87. The molecule has 2 amide bonds. The smallest absolute Gasteiger partial charge is 0.308 e. The van der Waals surface area contributed by atoms with Crippen molar-refractivity contribution < 1.29 is 19.5 Å². The van der Waals surface area contributed by atoms with Crippen molar-refractivity contribution in [1.29, 1.82) is 0 Å². The predicted octanol–water partition coefficient (Wildman–Crippen LogP) is 0.958. The number of amides is 2. The Morgan fingerprint density at radius 2 is 1.91 bits per heavy atom. The minimum atomic E-state index is -0.793. The highest BCUT2D eigenvalue weighted by Crippen LogP contribution is 2.44. The summed E-state index contributed by atoms with van der Waals surface area (Å²) in [5.41, 5.74) is 0. The molecular formula is C16H24N2O4. The normalized spacial score (nSPS) is 29.5. The van der Waals surface area contributed by atoms with Gasteiger partial charge in [0.15, 0.2) is 0 Å². The molecule has 1 aliphatic carbocycles. The number of carbonyl (C=O) groups excluding carboxylic acids is 2. The van der Waals surface area contributed by atoms with Gasteiger partial charge in [0.25, 0.3) is 0 Å². The minimum absolute atomic E-state index is 0.0542. The van der Waals surface area contributed by atoms with E-state index >= 15 is 0 Å². The van der Waals surface area contributed by atoms with Crippen LogP contribution in [0.1, 0.15) is 38.5 Å². The van der Waals surface area contributed by atoms with Crippen molar-refractivity contribution in [3.8, 4) is 0 Å². The van der Waals surface area contributed by atoms with Crippen molar-refractivity contribution in [3.63, 3.8) is 0 Å². The number of carbonyl (C=O) groups is 3. The number of carboxylic acid groups (broad SMARTS) is 1. The van der Waals surface area contributed by atoms with Crippen LogP contribution in [-0.4, -0.2) is 58.9 Å². The van der Waals surface area contributed by atoms with Gasteiger partial charge in [-0.1, -0.05) is 6.42 Å². The van der Waals surface area contributed by atoms with Gasteiger partial charge in [0.1, 0.15) is 0 Å². The maximum atomic E-state index is 12.5. The Labute approximate surface area is 130 Å². The van der Waals surface area contributed by atoms with Crippen molar-refractivity contribution >= 4 is 17.8 Å². The maximum absolute atomic E-state index is 12.5. The minimum Gasteiger partial charge on any atom is -0.481 e. The summed E-state index contributed by atoms with van der Waals surface area (Å²) in [6.07, 6.45) is 5.57. The van der Waals surface area contributed by atoms with Crippen LogP contribution in [0.4, 0.5) is 0 Å². The molecule has 2 atom stereocenters. The van der Waals surface area contributed by atoms with Gasteiger partial charge >= 0.3 is 5.97 Å². The fourth-order valence-electron chi connectivity index (χ4n) is 3.76. The number of likely N-dealkylation sites (tertiary alicyclic amines) is 2. The zero-order valence-electron chi connectivity index (χ0n) is 12.9. The summed E-state index contributed by atoms with van der Waals surface area (Å²) in [5, 5.41) is 9.36. The molecule has 0 aromatic heterocycles. The fourth-order valence-corrected chi connectivity index (χ4v) is 3.76. The molecule has 1 saturated carbocycles. The Balaban J connectivity index is 1.60. The summed E-state index contributed by atoms with van der Waals surface area (Å²) >= 11 is 0. The van der Waals surface area contributed by atoms with Crippen molar-refractivity contribution in [3.05, 3.63) is 0 Å². The average molecular weight is 308 g/mol. The Morgan fingerprint density at radius 1 is 1.14 bits per heavy atom. The molecule has 2 heterocycles. The first kappa shape index (κ1) is 15.3. The number of carboxylic acids is 1. The van der Waals surface area contributed by atoms with E-state index in [9.17, 15) is 19.5 Å². The van der Waals surface area contributed by atoms with E-state index in [1.54, 1.807) is 9.80 Å². The molecule has 0 radical (unpaired) electrons. The average Bonchev–Trinajstić information content (AvgIpc) is 3.25. The van der Waals surface area contributed by atoms with Gasteiger partial charge in [-0.25, -0.2) is 0 Å². The lowest BCUT2D eigenvalue weighted by molar-refractivity contribution is -0.143. The Morgan fingerprint density at radius 3 is 2.59 bits per heavy atom. The van der Waals surface area contributed by atoms with E-state index in [1.165, 1.54) is 0 Å². The number of hydrogen-bond donors (Lipinski definition) is 1. The molecule has 6 nitrogen and oxygen atoms in total. The first-order chi connectivity index (χ1) is 10.6. The van der Waals surface area contributed by atoms with Gasteiger partial charge in [-0.3, -0.25) is 14.4 Å². The Hall–Kier alpha value is -1.59. The molecule has 3 aliphatic rings. The van der Waals surface area contributed by atoms with Gasteiger partial charge in [-0.05, 0) is 37.5 Å². The lowest BCUT2D eigenvalue weighted by Crippen LogP contribution is -2.42. The first-order valence-corrected chi connectivity index (χ1v) is 8.34. The fraction of sp³-hybridized carbons (Fsp3) is 0.812. The van der Waals surface area contributed by atoms with Crippen LogP contribution in [0, 0.1) is 17.8 Å². The Kier molecular flexibility index (Phi) is 4.36. The second-order valence-corrected chi connectivity index (χ2v) is 6.87. The van der Waals surface area contributed by atoms with E-state index < -0.39 is 11.9 Å². The summed E-state index contributed by atoms with van der Waals surface area (Å²) in [4.78, 5) is 39.2. The van der Waals surface area contributed by atoms with Crippen molar-refractivity contribution in [2.45, 2.75) is 38.5 Å². The van der Waals surface area contributed by atoms with Crippen molar-refractivity contribution in [1.82, 2.24) is 9.80 Å². The molecule has 3 rings (SSSR count). The molecule has 1 N–H and O–H groups in total. The summed E-state index contributed by atoms with van der Waals surface area (Å²) in [6, 6.07) is 0. The molecule has 3 fully saturated rings. The second kappa shape index (κ2) is 6.26. The molecule has 0 aromatic rings. The monoisotopic (exact) mass is 308 g/mol. The largest absolute Gasteiger partial charge is 0.481 e. The van der Waals surface area contributed by atoms with E-state index in [2.05, 4.69) is 0 Å². The predicted molar refractivity (Wildman–Crippen MR) is 79.0 cm³/mol. The van der Waals surface area contributed by atoms with Gasteiger partial charge in [0.2, 0.25) is 11.8 Å². The van der Waals surface area contributed by atoms with Crippen LogP contribution >= 0.6 is 0 Å². The van der Waals surface area contributed by atoms with Crippen molar-refractivity contribution in [2.24, 2.45) is 17.8 Å². The molecule has 22 heavy (non-hydrogen) atoms. The highest BCUT2D eigenvalue weighted by atomic mass is 16.4. The van der Waals surface area contributed by atoms with Crippen molar-refractivity contribution in [2.75, 3.05) is 26.2 Å². The van der Waals surface area contributed by atoms with Crippen LogP contribution in [0.2, 0.25) is 0 Å². The summed E-state index contributed by atoms with van der Waals surface area (Å²) in [7, 11) is 0. The molecular weight excluding hydrogens is 284 g/mol. The van der Waals surface area contributed by atoms with Crippen LogP contribution in [0.3, 0.4) is 0 Å². The van der Waals surface area contributed by atoms with Gasteiger partial charge in [0.05, 0.1) is 12.5 Å². The molecule has 6 heteroatoms. The van der Waals surface area contributed by atoms with Crippen LogP contribution in [-0.2, 0) is 14.4 Å². The van der Waals surface area contributed by atoms with Gasteiger partial charge in [-0.15, -0.1) is 0 Å². The van der Waals surface area contributed by atoms with Crippen LogP contribution in [0.5, 0.6) is 0 Å². The third kappa shape index (κ3) is 3.25. The summed E-state index contributed by atoms with van der Waals surface area (Å²) in [6.45, 7) is 1.61. The summed E-state index contributed by atoms with van der Waals surface area (Å²) < 4.78 is 0. The van der Waals surface area contributed by atoms with E-state index in [0.717, 1.165) is 32.1 Å². The zero-order chi connectivity index (χ0) is 15.7. The van der Waals surface area contributed by atoms with E-state index in [0.29, 0.717) is 32.0 Å². The van der Waals surface area contributed by atoms with Gasteiger partial charge in [0, 0.05) is 26.1 Å². The number of nitrogens with zero attached hydrogens (tertiary/aromatic N) is 2. The zero-order valence-corrected chi connectivity index (χ0v) is 12.9. The van der Waals surface area contributed by atoms with E-state index in [-0.39, 0.29) is 24.3 Å². The van der Waals surface area contributed by atoms with E-state index in [1.807, 2.05) is 0 Å². The quantitative estimate of drug-likeness (QED) is 0.839. The van der Waals surface area contributed by atoms with E-state index in [4.69, 9.17) is 0 Å². The Bertz CT molecular complexity index is 475. The SMILES string of the molecule is O=C(O)[C@H]1CN(C(=O)CN2CCCCCC2=O)C[C@@H]1C1CC1. The van der Waals surface area contributed by atoms with Crippen LogP contribution in [0.25, 0.3) is 0 Å². The molecule has 0 aromatic carbocycles. The summed E-state index contributed by atoms with van der Waals surface area (Å²) in [5.74, 6) is -0.697. The molecule has 2 saturated heterocycles. The molecule has 2 aliphatic heterocycles. The molecule has 122 valence electrons. The topological polar surface area (TPSA) is 77.9 Å².